The first-order valence-electron chi connectivity index (χ1n) is 11.0. The topological polar surface area (TPSA) is 66.8 Å². The average Bonchev–Trinajstić information content (AvgIpc) is 3.53. The second kappa shape index (κ2) is 8.38. The first-order valence-corrected chi connectivity index (χ1v) is 11.0. The number of fused-ring (bicyclic) bond motifs is 1. The molecule has 0 unspecified atom stereocenters. The summed E-state index contributed by atoms with van der Waals surface area (Å²) in [5.41, 5.74) is 5.25. The van der Waals surface area contributed by atoms with E-state index in [9.17, 15) is 4.79 Å². The summed E-state index contributed by atoms with van der Waals surface area (Å²) in [6, 6.07) is 16.8. The van der Waals surface area contributed by atoms with Gasteiger partial charge in [0.05, 0.1) is 22.9 Å². The Bertz CT molecular complexity index is 1170. The van der Waals surface area contributed by atoms with Crippen LogP contribution < -0.4 is 0 Å². The van der Waals surface area contributed by atoms with Crippen LogP contribution in [0, 0.1) is 5.92 Å². The fourth-order valence-corrected chi connectivity index (χ4v) is 4.72. The molecule has 1 amide bonds. The highest BCUT2D eigenvalue weighted by molar-refractivity contribution is 5.79. The SMILES string of the molecule is C[C@@H]1C[C@@H](Cn2ccc3nc(-c4cn[nH]c4)ccc32)CN1C(=O)CCc1ccccc1. The summed E-state index contributed by atoms with van der Waals surface area (Å²) in [6.45, 7) is 3.91. The highest BCUT2D eigenvalue weighted by Crippen LogP contribution is 2.28. The molecule has 4 heterocycles. The van der Waals surface area contributed by atoms with Crippen LogP contribution in [0.1, 0.15) is 25.3 Å². The number of nitrogens with one attached hydrogen (secondary N) is 1. The van der Waals surface area contributed by atoms with Gasteiger partial charge in [0.1, 0.15) is 0 Å². The first-order chi connectivity index (χ1) is 15.2. The van der Waals surface area contributed by atoms with Crippen molar-refractivity contribution in [2.75, 3.05) is 6.54 Å². The number of rotatable bonds is 6. The first kappa shape index (κ1) is 19.5. The van der Waals surface area contributed by atoms with Crippen molar-refractivity contribution in [2.45, 2.75) is 38.8 Å². The molecular weight excluding hydrogens is 386 g/mol. The summed E-state index contributed by atoms with van der Waals surface area (Å²) >= 11 is 0. The monoisotopic (exact) mass is 413 g/mol. The maximum Gasteiger partial charge on any atom is 0.223 e. The summed E-state index contributed by atoms with van der Waals surface area (Å²) in [7, 11) is 0. The third-order valence-corrected chi connectivity index (χ3v) is 6.33. The molecule has 4 aromatic rings. The van der Waals surface area contributed by atoms with Gasteiger partial charge in [-0.1, -0.05) is 30.3 Å². The molecule has 6 nitrogen and oxygen atoms in total. The van der Waals surface area contributed by atoms with E-state index < -0.39 is 0 Å². The van der Waals surface area contributed by atoms with Crippen molar-refractivity contribution >= 4 is 16.9 Å². The standard InChI is InChI=1S/C25H27N5O/c1-18-13-20(17-30(18)25(31)10-7-19-5-3-2-4-6-19)16-29-12-11-23-24(29)9-8-22(28-23)21-14-26-27-15-21/h2-6,8-9,11-12,14-15,18,20H,7,10,13,16-17H2,1H3,(H,26,27)/t18-,20+/m1/s1. The smallest absolute Gasteiger partial charge is 0.223 e. The summed E-state index contributed by atoms with van der Waals surface area (Å²) in [6.07, 6.45) is 8.18. The van der Waals surface area contributed by atoms with Gasteiger partial charge in [0.25, 0.3) is 0 Å². The molecule has 5 rings (SSSR count). The molecule has 2 atom stereocenters. The minimum Gasteiger partial charge on any atom is -0.346 e. The van der Waals surface area contributed by atoms with Crippen molar-refractivity contribution in [1.82, 2.24) is 24.6 Å². The number of pyridine rings is 1. The Morgan fingerprint density at radius 3 is 2.84 bits per heavy atom. The van der Waals surface area contributed by atoms with Crippen molar-refractivity contribution in [2.24, 2.45) is 5.92 Å². The number of aryl methyl sites for hydroxylation is 1. The number of hydrogen-bond acceptors (Lipinski definition) is 3. The van der Waals surface area contributed by atoms with Crippen molar-refractivity contribution in [3.63, 3.8) is 0 Å². The molecule has 1 aliphatic heterocycles. The van der Waals surface area contributed by atoms with Crippen LogP contribution in [0.2, 0.25) is 0 Å². The summed E-state index contributed by atoms with van der Waals surface area (Å²) in [4.78, 5) is 19.7. The van der Waals surface area contributed by atoms with Gasteiger partial charge in [-0.3, -0.25) is 9.89 Å². The molecule has 1 saturated heterocycles. The van der Waals surface area contributed by atoms with Gasteiger partial charge in [-0.25, -0.2) is 4.98 Å². The molecule has 0 spiro atoms. The maximum absolute atomic E-state index is 12.8. The second-order valence-electron chi connectivity index (χ2n) is 8.54. The predicted octanol–water partition coefficient (Wildman–Crippen LogP) is 4.30. The van der Waals surface area contributed by atoms with E-state index in [1.54, 1.807) is 6.20 Å². The molecule has 1 fully saturated rings. The van der Waals surface area contributed by atoms with E-state index in [0.717, 1.165) is 48.2 Å². The minimum absolute atomic E-state index is 0.266. The molecule has 0 bridgehead atoms. The number of hydrogen-bond donors (Lipinski definition) is 1. The Balaban J connectivity index is 1.23. The van der Waals surface area contributed by atoms with Gasteiger partial charge in [-0.15, -0.1) is 0 Å². The zero-order chi connectivity index (χ0) is 21.2. The minimum atomic E-state index is 0.266. The van der Waals surface area contributed by atoms with Crippen LogP contribution in [0.5, 0.6) is 0 Å². The number of benzene rings is 1. The third kappa shape index (κ3) is 4.10. The number of nitrogens with zero attached hydrogens (tertiary/aromatic N) is 4. The highest BCUT2D eigenvalue weighted by atomic mass is 16.2. The van der Waals surface area contributed by atoms with Crippen LogP contribution in [-0.2, 0) is 17.8 Å². The summed E-state index contributed by atoms with van der Waals surface area (Å²) in [5, 5.41) is 6.85. The van der Waals surface area contributed by atoms with E-state index in [1.807, 2.05) is 30.5 Å². The maximum atomic E-state index is 12.8. The van der Waals surface area contributed by atoms with Crippen molar-refractivity contribution in [3.8, 4) is 11.3 Å². The average molecular weight is 414 g/mol. The molecular formula is C25H27N5O. The van der Waals surface area contributed by atoms with Gasteiger partial charge in [-0.05, 0) is 49.4 Å². The van der Waals surface area contributed by atoms with Crippen LogP contribution >= 0.6 is 0 Å². The van der Waals surface area contributed by atoms with Gasteiger partial charge in [0, 0.05) is 43.5 Å². The Hall–Kier alpha value is -3.41. The van der Waals surface area contributed by atoms with Gasteiger partial charge in [-0.2, -0.15) is 5.10 Å². The van der Waals surface area contributed by atoms with Crippen molar-refractivity contribution in [3.05, 3.63) is 72.7 Å². The number of H-pyrrole nitrogens is 1. The quantitative estimate of drug-likeness (QED) is 0.513. The van der Waals surface area contributed by atoms with Crippen LogP contribution in [0.25, 0.3) is 22.3 Å². The van der Waals surface area contributed by atoms with Crippen LogP contribution in [0.4, 0.5) is 0 Å². The molecule has 31 heavy (non-hydrogen) atoms. The number of aromatic nitrogens is 4. The number of likely N-dealkylation sites (tertiary alicyclic amines) is 1. The van der Waals surface area contributed by atoms with E-state index in [-0.39, 0.29) is 5.91 Å². The fourth-order valence-electron chi connectivity index (χ4n) is 4.72. The van der Waals surface area contributed by atoms with E-state index in [4.69, 9.17) is 4.98 Å². The van der Waals surface area contributed by atoms with Gasteiger partial charge < -0.3 is 9.47 Å². The predicted molar refractivity (Wildman–Crippen MR) is 121 cm³/mol. The van der Waals surface area contributed by atoms with Gasteiger partial charge in [0.15, 0.2) is 0 Å². The molecule has 0 aliphatic carbocycles. The lowest BCUT2D eigenvalue weighted by molar-refractivity contribution is -0.131. The Kier molecular flexibility index (Phi) is 5.28. The largest absolute Gasteiger partial charge is 0.346 e. The van der Waals surface area contributed by atoms with Crippen LogP contribution in [0.3, 0.4) is 0 Å². The summed E-state index contributed by atoms with van der Waals surface area (Å²) < 4.78 is 2.27. The molecule has 1 aliphatic rings. The lowest BCUT2D eigenvalue weighted by atomic mass is 10.1. The number of amides is 1. The molecule has 158 valence electrons. The normalized spacial score (nSPS) is 18.7. The molecule has 6 heteroatoms. The van der Waals surface area contributed by atoms with Crippen LogP contribution in [-0.4, -0.2) is 43.1 Å². The van der Waals surface area contributed by atoms with Crippen molar-refractivity contribution < 1.29 is 4.79 Å². The van der Waals surface area contributed by atoms with E-state index >= 15 is 0 Å². The Labute approximate surface area is 181 Å². The number of carbonyl (C=O) groups is 1. The molecule has 1 N–H and O–H groups in total. The van der Waals surface area contributed by atoms with Crippen molar-refractivity contribution in [1.29, 1.82) is 0 Å². The molecule has 0 radical (unpaired) electrons. The third-order valence-electron chi connectivity index (χ3n) is 6.33. The zero-order valence-corrected chi connectivity index (χ0v) is 17.7. The number of carbonyl (C=O) groups excluding carboxylic acids is 1. The Morgan fingerprint density at radius 1 is 1.16 bits per heavy atom. The molecule has 0 saturated carbocycles. The number of aromatic amines is 1. The lowest BCUT2D eigenvalue weighted by Gasteiger charge is -2.21. The molecule has 3 aromatic heterocycles. The van der Waals surface area contributed by atoms with Crippen LogP contribution in [0.15, 0.2) is 67.1 Å². The Morgan fingerprint density at radius 2 is 2.03 bits per heavy atom. The van der Waals surface area contributed by atoms with E-state index in [1.165, 1.54) is 5.56 Å². The van der Waals surface area contributed by atoms with Gasteiger partial charge in [0.2, 0.25) is 5.91 Å². The highest BCUT2D eigenvalue weighted by Gasteiger charge is 2.32. The summed E-state index contributed by atoms with van der Waals surface area (Å²) in [5.74, 6) is 0.725. The van der Waals surface area contributed by atoms with E-state index in [2.05, 4.69) is 57.1 Å². The fraction of sp³-hybridized carbons (Fsp3) is 0.320. The lowest BCUT2D eigenvalue weighted by Crippen LogP contribution is -2.34. The van der Waals surface area contributed by atoms with Gasteiger partial charge >= 0.3 is 0 Å². The molecule has 1 aromatic carbocycles. The zero-order valence-electron chi connectivity index (χ0n) is 17.7. The second-order valence-corrected chi connectivity index (χ2v) is 8.54. The van der Waals surface area contributed by atoms with E-state index in [0.29, 0.717) is 18.4 Å².